The van der Waals surface area contributed by atoms with Gasteiger partial charge in [-0.15, -0.1) is 0 Å². The van der Waals surface area contributed by atoms with Crippen molar-refractivity contribution in [2.24, 2.45) is 0 Å². The summed E-state index contributed by atoms with van der Waals surface area (Å²) in [6.45, 7) is 1.79. The first-order chi connectivity index (χ1) is 4.84. The van der Waals surface area contributed by atoms with Crippen LogP contribution in [-0.4, -0.2) is 0 Å². The minimum absolute atomic E-state index is 0.235. The fourth-order valence-electron chi connectivity index (χ4n) is 0.785. The van der Waals surface area contributed by atoms with E-state index in [4.69, 9.17) is 5.90 Å². The van der Waals surface area contributed by atoms with Gasteiger partial charge in [0.15, 0.2) is 0 Å². The lowest BCUT2D eigenvalue weighted by Gasteiger charge is -2.04. The predicted octanol–water partition coefficient (Wildman–Crippen LogP) is 1.75. The molecule has 0 N–H and O–H groups in total. The van der Waals surface area contributed by atoms with Crippen molar-refractivity contribution in [1.29, 1.82) is 0 Å². The van der Waals surface area contributed by atoms with E-state index >= 15 is 0 Å². The fourth-order valence-corrected chi connectivity index (χ4v) is 0.785. The summed E-state index contributed by atoms with van der Waals surface area (Å²) in [6.07, 6.45) is -0.235. The van der Waals surface area contributed by atoms with Gasteiger partial charge in [0.1, 0.15) is 6.10 Å². The third kappa shape index (κ3) is 1.56. The zero-order chi connectivity index (χ0) is 7.40. The summed E-state index contributed by atoms with van der Waals surface area (Å²) in [4.78, 5) is 4.14. The molecule has 1 aromatic rings. The highest BCUT2D eigenvalue weighted by atomic mass is 16.6. The molecule has 0 aromatic heterocycles. The van der Waals surface area contributed by atoms with Crippen LogP contribution in [0.15, 0.2) is 30.3 Å². The first-order valence-electron chi connectivity index (χ1n) is 3.19. The van der Waals surface area contributed by atoms with Crippen molar-refractivity contribution in [2.45, 2.75) is 13.0 Å². The Morgan fingerprint density at radius 3 is 2.40 bits per heavy atom. The van der Waals surface area contributed by atoms with Gasteiger partial charge >= 0.3 is 0 Å². The highest BCUT2D eigenvalue weighted by molar-refractivity contribution is 5.16. The van der Waals surface area contributed by atoms with Gasteiger partial charge in [-0.1, -0.05) is 30.3 Å². The van der Waals surface area contributed by atoms with Crippen molar-refractivity contribution in [1.82, 2.24) is 5.90 Å². The molecule has 0 saturated carbocycles. The third-order valence-corrected chi connectivity index (χ3v) is 1.43. The van der Waals surface area contributed by atoms with E-state index in [0.29, 0.717) is 0 Å². The predicted molar refractivity (Wildman–Crippen MR) is 38.1 cm³/mol. The number of nitrogens with zero attached hydrogens (tertiary/aromatic N) is 1. The molecule has 0 fully saturated rings. The molecule has 1 aromatic carbocycles. The summed E-state index contributed by atoms with van der Waals surface area (Å²) < 4.78 is 0. The van der Waals surface area contributed by atoms with Gasteiger partial charge in [-0.2, -0.15) is 0 Å². The summed E-state index contributed by atoms with van der Waals surface area (Å²) in [5, 5.41) is 0. The lowest BCUT2D eigenvalue weighted by Crippen LogP contribution is -1.96. The van der Waals surface area contributed by atoms with E-state index in [0.717, 1.165) is 5.56 Å². The molecule has 52 valence electrons. The Kier molecular flexibility index (Phi) is 2.42. The molecule has 0 aliphatic heterocycles. The Morgan fingerprint density at radius 2 is 1.90 bits per heavy atom. The molecular weight excluding hydrogens is 126 g/mol. The molecular formula is C8H9NO. The molecule has 10 heavy (non-hydrogen) atoms. The maximum atomic E-state index is 8.29. The second-order valence-corrected chi connectivity index (χ2v) is 2.16. The van der Waals surface area contributed by atoms with Gasteiger partial charge in [0.25, 0.3) is 0 Å². The third-order valence-electron chi connectivity index (χ3n) is 1.43. The average Bonchev–Trinajstić information content (AvgIpc) is 2.05. The molecule has 0 spiro atoms. The Morgan fingerprint density at radius 1 is 1.30 bits per heavy atom. The lowest BCUT2D eigenvalue weighted by molar-refractivity contribution is 0.0492. The molecule has 0 aliphatic carbocycles. The van der Waals surface area contributed by atoms with Crippen LogP contribution in [0.4, 0.5) is 0 Å². The largest absolute Gasteiger partial charge is 0.256 e. The summed E-state index contributed by atoms with van der Waals surface area (Å²) in [5.74, 6) is 8.29. The molecule has 0 bridgehead atoms. The van der Waals surface area contributed by atoms with Crippen LogP contribution >= 0.6 is 0 Å². The van der Waals surface area contributed by atoms with Crippen molar-refractivity contribution in [3.05, 3.63) is 35.9 Å². The Labute approximate surface area is 60.6 Å². The van der Waals surface area contributed by atoms with Crippen LogP contribution in [0.1, 0.15) is 18.6 Å². The Balaban J connectivity index is 2.75. The van der Waals surface area contributed by atoms with Gasteiger partial charge in [-0.3, -0.25) is 4.84 Å². The van der Waals surface area contributed by atoms with Gasteiger partial charge in [0, 0.05) is 5.90 Å². The van der Waals surface area contributed by atoms with E-state index in [2.05, 4.69) is 4.84 Å². The standard InChI is InChI=1S/C8H9NO/c1-7(10-9)8-5-3-2-4-6-8/h2-7H,1H3. The van der Waals surface area contributed by atoms with Gasteiger partial charge in [-0.25, -0.2) is 0 Å². The molecule has 2 heteroatoms. The maximum absolute atomic E-state index is 8.29. The zero-order valence-corrected chi connectivity index (χ0v) is 5.82. The van der Waals surface area contributed by atoms with E-state index in [1.165, 1.54) is 0 Å². The molecule has 0 heterocycles. The number of hydrogen-bond acceptors (Lipinski definition) is 1. The molecule has 1 unspecified atom stereocenters. The van der Waals surface area contributed by atoms with Crippen molar-refractivity contribution in [2.75, 3.05) is 0 Å². The van der Waals surface area contributed by atoms with Crippen LogP contribution in [0, 0.1) is 0 Å². The highest BCUT2D eigenvalue weighted by Gasteiger charge is 2.01. The Bertz CT molecular complexity index is 186. The van der Waals surface area contributed by atoms with Crippen LogP contribution < -0.4 is 5.90 Å². The second-order valence-electron chi connectivity index (χ2n) is 2.16. The van der Waals surface area contributed by atoms with E-state index < -0.39 is 0 Å². The van der Waals surface area contributed by atoms with Crippen LogP contribution in [0.25, 0.3) is 0 Å². The monoisotopic (exact) mass is 135 g/mol. The zero-order valence-electron chi connectivity index (χ0n) is 5.82. The topological polar surface area (TPSA) is 31.5 Å². The van der Waals surface area contributed by atoms with Gasteiger partial charge in [0.05, 0.1) is 0 Å². The van der Waals surface area contributed by atoms with Crippen molar-refractivity contribution >= 4 is 0 Å². The van der Waals surface area contributed by atoms with Crippen LogP contribution in [-0.2, 0) is 4.84 Å². The van der Waals surface area contributed by atoms with Gasteiger partial charge in [0.2, 0.25) is 0 Å². The quantitative estimate of drug-likeness (QED) is 0.568. The first kappa shape index (κ1) is 7.25. The smallest absolute Gasteiger partial charge is 0.105 e. The molecule has 2 nitrogen and oxygen atoms in total. The van der Waals surface area contributed by atoms with E-state index in [1.807, 2.05) is 30.3 Å². The van der Waals surface area contributed by atoms with E-state index in [-0.39, 0.29) is 6.10 Å². The highest BCUT2D eigenvalue weighted by Crippen LogP contribution is 2.13. The number of rotatable bonds is 2. The van der Waals surface area contributed by atoms with Crippen LogP contribution in [0.5, 0.6) is 0 Å². The minimum atomic E-state index is -0.235. The molecule has 1 rings (SSSR count). The summed E-state index contributed by atoms with van der Waals surface area (Å²) in [7, 11) is 0. The molecule has 0 amide bonds. The SMILES string of the molecule is CC(O[N])c1ccccc1. The van der Waals surface area contributed by atoms with Gasteiger partial charge in [-0.05, 0) is 12.5 Å². The first-order valence-corrected chi connectivity index (χ1v) is 3.19. The molecule has 0 aliphatic rings. The van der Waals surface area contributed by atoms with E-state index in [9.17, 15) is 0 Å². The molecule has 2 radical (unpaired) electrons. The van der Waals surface area contributed by atoms with Crippen molar-refractivity contribution in [3.8, 4) is 0 Å². The van der Waals surface area contributed by atoms with E-state index in [1.54, 1.807) is 6.92 Å². The summed E-state index contributed by atoms with van der Waals surface area (Å²) >= 11 is 0. The number of hydrogen-bond donors (Lipinski definition) is 0. The average molecular weight is 135 g/mol. The van der Waals surface area contributed by atoms with Crippen LogP contribution in [0.2, 0.25) is 0 Å². The van der Waals surface area contributed by atoms with Crippen LogP contribution in [0.3, 0.4) is 0 Å². The molecule has 0 saturated heterocycles. The van der Waals surface area contributed by atoms with Crippen molar-refractivity contribution in [3.63, 3.8) is 0 Å². The normalized spacial score (nSPS) is 13.0. The Hall–Kier alpha value is -0.860. The fraction of sp³-hybridized carbons (Fsp3) is 0.250. The molecule has 1 atom stereocenters. The second kappa shape index (κ2) is 3.34. The van der Waals surface area contributed by atoms with Gasteiger partial charge < -0.3 is 0 Å². The summed E-state index contributed by atoms with van der Waals surface area (Å²) in [6, 6.07) is 9.55. The lowest BCUT2D eigenvalue weighted by atomic mass is 10.1. The summed E-state index contributed by atoms with van der Waals surface area (Å²) in [5.41, 5.74) is 0.977. The maximum Gasteiger partial charge on any atom is 0.105 e. The van der Waals surface area contributed by atoms with Crippen molar-refractivity contribution < 1.29 is 4.84 Å². The minimum Gasteiger partial charge on any atom is -0.256 e. The number of benzene rings is 1.